The van der Waals surface area contributed by atoms with E-state index >= 15 is 0 Å². The smallest absolute Gasteiger partial charge is 0.129 e. The first-order valence-corrected chi connectivity index (χ1v) is 10.3. The molecule has 1 saturated heterocycles. The molecule has 2 aromatic rings. The molecule has 0 N–H and O–H groups in total. The molecule has 2 atom stereocenters. The van der Waals surface area contributed by atoms with Crippen molar-refractivity contribution in [2.45, 2.75) is 51.8 Å². The third kappa shape index (κ3) is 3.39. The highest BCUT2D eigenvalue weighted by atomic mass is 35.5. The van der Waals surface area contributed by atoms with Crippen molar-refractivity contribution in [1.82, 2.24) is 4.98 Å². The van der Waals surface area contributed by atoms with Crippen LogP contribution in [0.2, 0.25) is 5.15 Å². The van der Waals surface area contributed by atoms with Crippen molar-refractivity contribution in [3.8, 4) is 0 Å². The number of anilines is 1. The molecule has 3 rings (SSSR count). The molecular weight excluding hydrogens is 336 g/mol. The fraction of sp³-hybridized carbons (Fsp3) is 0.550. The first-order chi connectivity index (χ1) is 11.4. The van der Waals surface area contributed by atoms with E-state index in [1.54, 1.807) is 0 Å². The number of hydrogen-bond acceptors (Lipinski definition) is 3. The van der Waals surface area contributed by atoms with E-state index in [4.69, 9.17) is 11.6 Å². The van der Waals surface area contributed by atoms with E-state index in [1.165, 1.54) is 27.8 Å². The van der Waals surface area contributed by atoms with E-state index < -0.39 is 0 Å². The SMILES string of the molecule is CC(C)SC[C@H]1CN(c2ccc(C(C)C)c3cc(Cl)ncc23)[C@@H]1C. The van der Waals surface area contributed by atoms with E-state index in [-0.39, 0.29) is 0 Å². The molecule has 2 nitrogen and oxygen atoms in total. The molecule has 24 heavy (non-hydrogen) atoms. The summed E-state index contributed by atoms with van der Waals surface area (Å²) in [4.78, 5) is 6.87. The molecule has 0 aliphatic carbocycles. The van der Waals surface area contributed by atoms with Gasteiger partial charge in [-0.25, -0.2) is 4.98 Å². The molecule has 0 saturated carbocycles. The number of aromatic nitrogens is 1. The summed E-state index contributed by atoms with van der Waals surface area (Å²) in [5.41, 5.74) is 2.65. The number of halogens is 1. The molecular formula is C20H27ClN2S. The van der Waals surface area contributed by atoms with Gasteiger partial charge in [-0.2, -0.15) is 11.8 Å². The molecule has 130 valence electrons. The zero-order valence-corrected chi connectivity index (χ0v) is 16.8. The molecule has 0 bridgehead atoms. The van der Waals surface area contributed by atoms with Gasteiger partial charge in [-0.1, -0.05) is 45.4 Å². The lowest BCUT2D eigenvalue weighted by molar-refractivity contribution is 0.346. The van der Waals surface area contributed by atoms with Gasteiger partial charge in [-0.15, -0.1) is 0 Å². The molecule has 2 heterocycles. The Labute approximate surface area is 155 Å². The Balaban J connectivity index is 1.90. The van der Waals surface area contributed by atoms with E-state index in [1.807, 2.05) is 12.3 Å². The Kier molecular flexibility index (Phi) is 5.31. The molecule has 0 unspecified atom stereocenters. The van der Waals surface area contributed by atoms with E-state index in [0.29, 0.717) is 22.4 Å². The highest BCUT2D eigenvalue weighted by Gasteiger charge is 2.36. The standard InChI is InChI=1S/C20H27ClN2S/c1-12(2)16-6-7-19(18-9-22-20(21)8-17(16)18)23-10-15(14(23)5)11-24-13(3)4/h6-9,12-15H,10-11H2,1-5H3/t14-,15-/m1/s1. The van der Waals surface area contributed by atoms with Crippen molar-refractivity contribution in [3.63, 3.8) is 0 Å². The fourth-order valence-corrected chi connectivity index (χ4v) is 4.66. The Bertz CT molecular complexity index is 729. The van der Waals surface area contributed by atoms with E-state index in [9.17, 15) is 0 Å². The van der Waals surface area contributed by atoms with Crippen molar-refractivity contribution in [2.75, 3.05) is 17.2 Å². The van der Waals surface area contributed by atoms with Crippen LogP contribution in [0.3, 0.4) is 0 Å². The van der Waals surface area contributed by atoms with Gasteiger partial charge in [0.2, 0.25) is 0 Å². The van der Waals surface area contributed by atoms with Crippen LogP contribution >= 0.6 is 23.4 Å². The highest BCUT2D eigenvalue weighted by Crippen LogP contribution is 2.40. The lowest BCUT2D eigenvalue weighted by atomic mass is 9.89. The topological polar surface area (TPSA) is 16.1 Å². The minimum absolute atomic E-state index is 0.476. The van der Waals surface area contributed by atoms with Crippen LogP contribution in [0.1, 0.15) is 46.1 Å². The zero-order chi connectivity index (χ0) is 17.4. The molecule has 1 aromatic carbocycles. The third-order valence-corrected chi connectivity index (χ3v) is 6.55. The molecule has 1 fully saturated rings. The Morgan fingerprint density at radius 2 is 2.00 bits per heavy atom. The predicted octanol–water partition coefficient (Wildman–Crippen LogP) is 5.98. The average molecular weight is 363 g/mol. The summed E-state index contributed by atoms with van der Waals surface area (Å²) >= 11 is 8.24. The lowest BCUT2D eigenvalue weighted by Gasteiger charge is -2.48. The van der Waals surface area contributed by atoms with Gasteiger partial charge in [0, 0.05) is 35.8 Å². The van der Waals surface area contributed by atoms with Crippen LogP contribution in [-0.2, 0) is 0 Å². The summed E-state index contributed by atoms with van der Waals surface area (Å²) in [7, 11) is 0. The second-order valence-corrected chi connectivity index (χ2v) is 9.41. The molecule has 1 aliphatic heterocycles. The number of fused-ring (bicyclic) bond motifs is 1. The summed E-state index contributed by atoms with van der Waals surface area (Å²) in [5, 5.41) is 3.76. The zero-order valence-electron chi connectivity index (χ0n) is 15.2. The summed E-state index contributed by atoms with van der Waals surface area (Å²) in [6.07, 6.45) is 1.95. The summed E-state index contributed by atoms with van der Waals surface area (Å²) < 4.78 is 0. The maximum absolute atomic E-state index is 6.17. The minimum atomic E-state index is 0.476. The lowest BCUT2D eigenvalue weighted by Crippen LogP contribution is -2.56. The largest absolute Gasteiger partial charge is 0.368 e. The van der Waals surface area contributed by atoms with E-state index in [0.717, 1.165) is 12.5 Å². The van der Waals surface area contributed by atoms with Crippen LogP contribution < -0.4 is 4.90 Å². The predicted molar refractivity (Wildman–Crippen MR) is 109 cm³/mol. The van der Waals surface area contributed by atoms with Crippen molar-refractivity contribution in [1.29, 1.82) is 0 Å². The van der Waals surface area contributed by atoms with Gasteiger partial charge in [-0.3, -0.25) is 0 Å². The van der Waals surface area contributed by atoms with Crippen LogP contribution in [0.15, 0.2) is 24.4 Å². The average Bonchev–Trinajstić information content (AvgIpc) is 2.52. The monoisotopic (exact) mass is 362 g/mol. The summed E-state index contributed by atoms with van der Waals surface area (Å²) in [5.74, 6) is 2.50. The van der Waals surface area contributed by atoms with Gasteiger partial charge in [-0.05, 0) is 46.9 Å². The molecule has 1 aromatic heterocycles. The number of thioether (sulfide) groups is 1. The Morgan fingerprint density at radius 3 is 2.62 bits per heavy atom. The van der Waals surface area contributed by atoms with Crippen molar-refractivity contribution in [2.24, 2.45) is 5.92 Å². The molecule has 4 heteroatoms. The number of pyridine rings is 1. The van der Waals surface area contributed by atoms with Gasteiger partial charge < -0.3 is 4.90 Å². The second-order valence-electron chi connectivity index (χ2n) is 7.42. The molecule has 0 radical (unpaired) electrons. The number of benzene rings is 1. The second kappa shape index (κ2) is 7.13. The number of nitrogens with zero attached hydrogens (tertiary/aromatic N) is 2. The number of rotatable bonds is 5. The Hall–Kier alpha value is -0.930. The van der Waals surface area contributed by atoms with Crippen LogP contribution in [0.5, 0.6) is 0 Å². The van der Waals surface area contributed by atoms with Crippen LogP contribution in [-0.4, -0.2) is 28.6 Å². The highest BCUT2D eigenvalue weighted by molar-refractivity contribution is 7.99. The van der Waals surface area contributed by atoms with Crippen molar-refractivity contribution >= 4 is 39.8 Å². The van der Waals surface area contributed by atoms with Gasteiger partial charge in [0.15, 0.2) is 0 Å². The normalized spacial score (nSPS) is 20.9. The van der Waals surface area contributed by atoms with Crippen LogP contribution in [0.25, 0.3) is 10.8 Å². The first kappa shape index (κ1) is 17.9. The number of hydrogen-bond donors (Lipinski definition) is 0. The first-order valence-electron chi connectivity index (χ1n) is 8.85. The van der Waals surface area contributed by atoms with Crippen molar-refractivity contribution < 1.29 is 0 Å². The van der Waals surface area contributed by atoms with Gasteiger partial charge in [0.1, 0.15) is 5.15 Å². The summed E-state index contributed by atoms with van der Waals surface area (Å²) in [6.45, 7) is 12.5. The molecule has 0 amide bonds. The summed E-state index contributed by atoms with van der Waals surface area (Å²) in [6, 6.07) is 7.14. The van der Waals surface area contributed by atoms with Crippen LogP contribution in [0, 0.1) is 5.92 Å². The van der Waals surface area contributed by atoms with Gasteiger partial charge in [0.25, 0.3) is 0 Å². The quantitative estimate of drug-likeness (QED) is 0.609. The third-order valence-electron chi connectivity index (χ3n) is 5.06. The Morgan fingerprint density at radius 1 is 1.25 bits per heavy atom. The maximum atomic E-state index is 6.17. The fourth-order valence-electron chi connectivity index (χ4n) is 3.49. The maximum Gasteiger partial charge on any atom is 0.129 e. The molecule has 1 aliphatic rings. The van der Waals surface area contributed by atoms with E-state index in [2.05, 4.69) is 68.4 Å². The van der Waals surface area contributed by atoms with Crippen LogP contribution in [0.4, 0.5) is 5.69 Å². The molecule has 0 spiro atoms. The van der Waals surface area contributed by atoms with Gasteiger partial charge in [0.05, 0.1) is 0 Å². The van der Waals surface area contributed by atoms with Crippen molar-refractivity contribution in [3.05, 3.63) is 35.1 Å². The minimum Gasteiger partial charge on any atom is -0.368 e. The van der Waals surface area contributed by atoms with Gasteiger partial charge >= 0.3 is 0 Å².